The first-order valence-electron chi connectivity index (χ1n) is 5.38. The molecule has 0 unspecified atom stereocenters. The molecule has 0 aromatic heterocycles. The summed E-state index contributed by atoms with van der Waals surface area (Å²) in [4.78, 5) is 11.0. The van der Waals surface area contributed by atoms with Crippen LogP contribution in [-0.4, -0.2) is 6.29 Å². The van der Waals surface area contributed by atoms with Crippen molar-refractivity contribution in [3.05, 3.63) is 53.6 Å². The molecule has 0 fully saturated rings. The quantitative estimate of drug-likeness (QED) is 0.622. The summed E-state index contributed by atoms with van der Waals surface area (Å²) in [7, 11) is 0. The Balaban J connectivity index is 2.58. The van der Waals surface area contributed by atoms with Gasteiger partial charge in [-0.2, -0.15) is 0 Å². The molecule has 2 aromatic carbocycles. The molecule has 0 amide bonds. The first-order valence-corrected chi connectivity index (χ1v) is 5.38. The third-order valence-corrected chi connectivity index (χ3v) is 2.68. The Morgan fingerprint density at radius 3 is 2.65 bits per heavy atom. The molecule has 0 radical (unpaired) electrons. The monoisotopic (exact) mass is 226 g/mol. The van der Waals surface area contributed by atoms with Crippen molar-refractivity contribution >= 4 is 12.0 Å². The number of anilines is 1. The van der Waals surface area contributed by atoms with E-state index in [-0.39, 0.29) is 0 Å². The zero-order valence-electron chi connectivity index (χ0n) is 9.39. The summed E-state index contributed by atoms with van der Waals surface area (Å²) in [5.41, 5.74) is 15.5. The van der Waals surface area contributed by atoms with Crippen LogP contribution in [-0.2, 0) is 6.54 Å². The van der Waals surface area contributed by atoms with Crippen molar-refractivity contribution in [3.8, 4) is 11.1 Å². The van der Waals surface area contributed by atoms with E-state index in [1.807, 2.05) is 24.3 Å². The van der Waals surface area contributed by atoms with E-state index in [0.29, 0.717) is 17.8 Å². The van der Waals surface area contributed by atoms with E-state index >= 15 is 0 Å². The van der Waals surface area contributed by atoms with Crippen molar-refractivity contribution in [3.63, 3.8) is 0 Å². The van der Waals surface area contributed by atoms with Crippen LogP contribution in [0.1, 0.15) is 15.9 Å². The van der Waals surface area contributed by atoms with Gasteiger partial charge in [0.05, 0.1) is 0 Å². The number of hydrogen-bond acceptors (Lipinski definition) is 3. The smallest absolute Gasteiger partial charge is 0.150 e. The average molecular weight is 226 g/mol. The van der Waals surface area contributed by atoms with Crippen molar-refractivity contribution in [2.45, 2.75) is 6.54 Å². The molecule has 2 aromatic rings. The summed E-state index contributed by atoms with van der Waals surface area (Å²) in [5.74, 6) is 0. The molecule has 17 heavy (non-hydrogen) atoms. The van der Waals surface area contributed by atoms with Crippen LogP contribution in [0.2, 0.25) is 0 Å². The second kappa shape index (κ2) is 4.80. The molecule has 0 saturated heterocycles. The summed E-state index contributed by atoms with van der Waals surface area (Å²) in [5, 5.41) is 0. The fourth-order valence-electron chi connectivity index (χ4n) is 1.79. The van der Waals surface area contributed by atoms with Gasteiger partial charge in [0, 0.05) is 17.8 Å². The Hall–Kier alpha value is -2.13. The minimum atomic E-state index is 0.479. The molecule has 0 spiro atoms. The summed E-state index contributed by atoms with van der Waals surface area (Å²) < 4.78 is 0. The number of carbonyl (C=O) groups excluding carboxylic acids is 1. The topological polar surface area (TPSA) is 69.1 Å². The lowest BCUT2D eigenvalue weighted by Gasteiger charge is -2.07. The standard InChI is InChI=1S/C14H14N2O/c15-8-10-2-1-3-11(6-10)14-7-13(16)5-4-12(14)9-17/h1-7,9H,8,15-16H2. The highest BCUT2D eigenvalue weighted by Crippen LogP contribution is 2.25. The Kier molecular flexibility index (Phi) is 3.21. The zero-order valence-corrected chi connectivity index (χ0v) is 9.39. The second-order valence-corrected chi connectivity index (χ2v) is 3.87. The first kappa shape index (κ1) is 11.4. The highest BCUT2D eigenvalue weighted by Gasteiger charge is 2.05. The maximum atomic E-state index is 11.0. The average Bonchev–Trinajstić information content (AvgIpc) is 2.39. The minimum Gasteiger partial charge on any atom is -0.399 e. The number of hydrogen-bond donors (Lipinski definition) is 2. The summed E-state index contributed by atoms with van der Waals surface area (Å²) in [6.45, 7) is 0.479. The SMILES string of the molecule is NCc1cccc(-c2cc(N)ccc2C=O)c1. The molecule has 0 bridgehead atoms. The van der Waals surface area contributed by atoms with Crippen molar-refractivity contribution in [1.29, 1.82) is 0 Å². The lowest BCUT2D eigenvalue weighted by molar-refractivity contribution is 0.112. The molecule has 86 valence electrons. The molecular weight excluding hydrogens is 212 g/mol. The van der Waals surface area contributed by atoms with Gasteiger partial charge in [-0.1, -0.05) is 18.2 Å². The maximum Gasteiger partial charge on any atom is 0.150 e. The molecule has 3 heteroatoms. The number of benzene rings is 2. The number of carbonyl (C=O) groups is 1. The summed E-state index contributed by atoms with van der Waals surface area (Å²) >= 11 is 0. The molecule has 0 aliphatic heterocycles. The van der Waals surface area contributed by atoms with Gasteiger partial charge in [-0.25, -0.2) is 0 Å². The molecule has 2 rings (SSSR count). The van der Waals surface area contributed by atoms with Gasteiger partial charge < -0.3 is 11.5 Å². The Bertz CT molecular complexity index is 550. The number of aldehydes is 1. The largest absolute Gasteiger partial charge is 0.399 e. The molecule has 3 nitrogen and oxygen atoms in total. The van der Waals surface area contributed by atoms with Gasteiger partial charge in [-0.15, -0.1) is 0 Å². The van der Waals surface area contributed by atoms with Crippen LogP contribution < -0.4 is 11.5 Å². The second-order valence-electron chi connectivity index (χ2n) is 3.87. The van der Waals surface area contributed by atoms with Crippen LogP contribution in [0, 0.1) is 0 Å². The molecule has 0 atom stereocenters. The van der Waals surface area contributed by atoms with E-state index in [4.69, 9.17) is 11.5 Å². The predicted octanol–water partition coefficient (Wildman–Crippen LogP) is 2.21. The van der Waals surface area contributed by atoms with E-state index in [2.05, 4.69) is 0 Å². The van der Waals surface area contributed by atoms with Gasteiger partial charge in [0.2, 0.25) is 0 Å². The van der Waals surface area contributed by atoms with Crippen molar-refractivity contribution in [2.24, 2.45) is 5.73 Å². The molecule has 4 N–H and O–H groups in total. The van der Waals surface area contributed by atoms with E-state index in [0.717, 1.165) is 23.0 Å². The molecule has 0 aliphatic rings. The fourth-order valence-corrected chi connectivity index (χ4v) is 1.79. The van der Waals surface area contributed by atoms with Crippen molar-refractivity contribution in [1.82, 2.24) is 0 Å². The van der Waals surface area contributed by atoms with E-state index < -0.39 is 0 Å². The minimum absolute atomic E-state index is 0.479. The molecule has 0 heterocycles. The number of rotatable bonds is 3. The number of nitrogens with two attached hydrogens (primary N) is 2. The molecular formula is C14H14N2O. The van der Waals surface area contributed by atoms with Crippen LogP contribution in [0.15, 0.2) is 42.5 Å². The third-order valence-electron chi connectivity index (χ3n) is 2.68. The zero-order chi connectivity index (χ0) is 12.3. The normalized spacial score (nSPS) is 10.2. The predicted molar refractivity (Wildman–Crippen MR) is 69.6 cm³/mol. The van der Waals surface area contributed by atoms with Gasteiger partial charge in [0.25, 0.3) is 0 Å². The van der Waals surface area contributed by atoms with Gasteiger partial charge in [-0.3, -0.25) is 4.79 Å². The van der Waals surface area contributed by atoms with Gasteiger partial charge in [-0.05, 0) is 41.0 Å². The maximum absolute atomic E-state index is 11.0. The van der Waals surface area contributed by atoms with E-state index in [9.17, 15) is 4.79 Å². The van der Waals surface area contributed by atoms with E-state index in [1.54, 1.807) is 18.2 Å². The molecule has 0 aliphatic carbocycles. The Labute approximate surface area is 100 Å². The van der Waals surface area contributed by atoms with E-state index in [1.165, 1.54) is 0 Å². The van der Waals surface area contributed by atoms with Crippen LogP contribution in [0.5, 0.6) is 0 Å². The Morgan fingerprint density at radius 2 is 1.94 bits per heavy atom. The summed E-state index contributed by atoms with van der Waals surface area (Å²) in [6, 6.07) is 13.1. The van der Waals surface area contributed by atoms with Gasteiger partial charge >= 0.3 is 0 Å². The van der Waals surface area contributed by atoms with Gasteiger partial charge in [0.15, 0.2) is 6.29 Å². The van der Waals surface area contributed by atoms with Crippen LogP contribution in [0.4, 0.5) is 5.69 Å². The molecule has 0 saturated carbocycles. The summed E-state index contributed by atoms with van der Waals surface area (Å²) in [6.07, 6.45) is 0.837. The highest BCUT2D eigenvalue weighted by atomic mass is 16.1. The fraction of sp³-hybridized carbons (Fsp3) is 0.0714. The Morgan fingerprint density at radius 1 is 1.12 bits per heavy atom. The third kappa shape index (κ3) is 2.34. The van der Waals surface area contributed by atoms with Gasteiger partial charge in [0.1, 0.15) is 0 Å². The van der Waals surface area contributed by atoms with Crippen molar-refractivity contribution in [2.75, 3.05) is 5.73 Å². The first-order chi connectivity index (χ1) is 8.24. The van der Waals surface area contributed by atoms with Crippen molar-refractivity contribution < 1.29 is 4.79 Å². The van der Waals surface area contributed by atoms with Crippen LogP contribution >= 0.6 is 0 Å². The lowest BCUT2D eigenvalue weighted by Crippen LogP contribution is -1.97. The van der Waals surface area contributed by atoms with Crippen LogP contribution in [0.3, 0.4) is 0 Å². The lowest BCUT2D eigenvalue weighted by atomic mass is 9.98. The van der Waals surface area contributed by atoms with Crippen LogP contribution in [0.25, 0.3) is 11.1 Å². The number of nitrogen functional groups attached to an aromatic ring is 1. The highest BCUT2D eigenvalue weighted by molar-refractivity contribution is 5.89.